The lowest BCUT2D eigenvalue weighted by atomic mass is 10.3. The predicted octanol–water partition coefficient (Wildman–Crippen LogP) is 3.21. The van der Waals surface area contributed by atoms with E-state index in [4.69, 9.17) is 10.5 Å². The van der Waals surface area contributed by atoms with Crippen molar-refractivity contribution in [3.05, 3.63) is 39.6 Å². The fourth-order valence-electron chi connectivity index (χ4n) is 1.13. The molecule has 1 aromatic carbocycles. The van der Waals surface area contributed by atoms with Crippen LogP contribution in [0.5, 0.6) is 5.75 Å². The molecule has 0 atom stereocenters. The third-order valence-electron chi connectivity index (χ3n) is 1.83. The molecule has 0 saturated carbocycles. The van der Waals surface area contributed by atoms with E-state index in [0.29, 0.717) is 5.13 Å². The second-order valence-electron chi connectivity index (χ2n) is 3.03. The average molecular weight is 303 g/mol. The maximum atomic E-state index is 13.3. The SMILES string of the molecule is Nc1ncc(COc2cc(Br)ccc2F)s1. The molecule has 84 valence electrons. The van der Waals surface area contributed by atoms with Crippen LogP contribution < -0.4 is 10.5 Å². The highest BCUT2D eigenvalue weighted by molar-refractivity contribution is 9.10. The first kappa shape index (κ1) is 11.3. The Kier molecular flexibility index (Phi) is 3.40. The summed E-state index contributed by atoms with van der Waals surface area (Å²) >= 11 is 4.57. The molecule has 0 spiro atoms. The van der Waals surface area contributed by atoms with Gasteiger partial charge in [0.05, 0.1) is 4.88 Å². The zero-order valence-corrected chi connectivity index (χ0v) is 10.5. The molecule has 2 aromatic rings. The van der Waals surface area contributed by atoms with E-state index in [-0.39, 0.29) is 18.2 Å². The van der Waals surface area contributed by atoms with E-state index in [0.717, 1.165) is 9.35 Å². The topological polar surface area (TPSA) is 48.1 Å². The molecule has 0 aliphatic carbocycles. The summed E-state index contributed by atoms with van der Waals surface area (Å²) in [6.45, 7) is 0.266. The van der Waals surface area contributed by atoms with Crippen LogP contribution in [-0.2, 0) is 6.61 Å². The Labute approximate surface area is 104 Å². The summed E-state index contributed by atoms with van der Waals surface area (Å²) in [5.74, 6) is -0.179. The molecule has 0 saturated heterocycles. The zero-order valence-electron chi connectivity index (χ0n) is 8.11. The van der Waals surface area contributed by atoms with Crippen LogP contribution in [0.3, 0.4) is 0 Å². The summed E-state index contributed by atoms with van der Waals surface area (Å²) in [7, 11) is 0. The molecular weight excluding hydrogens is 295 g/mol. The van der Waals surface area contributed by atoms with Gasteiger partial charge in [0, 0.05) is 10.7 Å². The van der Waals surface area contributed by atoms with Crippen molar-refractivity contribution >= 4 is 32.4 Å². The molecule has 0 amide bonds. The fraction of sp³-hybridized carbons (Fsp3) is 0.100. The molecule has 0 radical (unpaired) electrons. The van der Waals surface area contributed by atoms with Gasteiger partial charge < -0.3 is 10.5 Å². The van der Waals surface area contributed by atoms with E-state index >= 15 is 0 Å². The van der Waals surface area contributed by atoms with E-state index in [9.17, 15) is 4.39 Å². The number of aromatic nitrogens is 1. The Hall–Kier alpha value is -1.14. The second-order valence-corrected chi connectivity index (χ2v) is 5.09. The highest BCUT2D eigenvalue weighted by Gasteiger charge is 2.05. The number of nitrogen functional groups attached to an aromatic ring is 1. The molecule has 2 rings (SSSR count). The predicted molar refractivity (Wildman–Crippen MR) is 65.0 cm³/mol. The Morgan fingerprint density at radius 1 is 1.50 bits per heavy atom. The number of nitrogens with two attached hydrogens (primary N) is 1. The van der Waals surface area contributed by atoms with Gasteiger partial charge in [-0.2, -0.15) is 0 Å². The second kappa shape index (κ2) is 4.80. The van der Waals surface area contributed by atoms with Crippen molar-refractivity contribution in [2.24, 2.45) is 0 Å². The average Bonchev–Trinajstić information content (AvgIpc) is 2.66. The van der Waals surface area contributed by atoms with Gasteiger partial charge in [0.15, 0.2) is 16.7 Å². The van der Waals surface area contributed by atoms with E-state index < -0.39 is 0 Å². The van der Waals surface area contributed by atoms with Crippen molar-refractivity contribution in [1.29, 1.82) is 0 Å². The normalized spacial score (nSPS) is 10.4. The van der Waals surface area contributed by atoms with Gasteiger partial charge in [-0.15, -0.1) is 0 Å². The van der Waals surface area contributed by atoms with Crippen LogP contribution in [-0.4, -0.2) is 4.98 Å². The minimum atomic E-state index is -0.388. The number of nitrogens with zero attached hydrogens (tertiary/aromatic N) is 1. The number of hydrogen-bond donors (Lipinski definition) is 1. The standard InChI is InChI=1S/C10H8BrFN2OS/c11-6-1-2-8(12)9(3-6)15-5-7-4-14-10(13)16-7/h1-4H,5H2,(H2,13,14). The monoisotopic (exact) mass is 302 g/mol. The van der Waals surface area contributed by atoms with Gasteiger partial charge in [0.2, 0.25) is 0 Å². The number of benzene rings is 1. The van der Waals surface area contributed by atoms with Gasteiger partial charge in [0.1, 0.15) is 6.61 Å². The van der Waals surface area contributed by atoms with E-state index in [1.165, 1.54) is 17.4 Å². The molecular formula is C10H8BrFN2OS. The van der Waals surface area contributed by atoms with E-state index in [2.05, 4.69) is 20.9 Å². The third-order valence-corrected chi connectivity index (χ3v) is 3.13. The van der Waals surface area contributed by atoms with Crippen LogP contribution in [0, 0.1) is 5.82 Å². The van der Waals surface area contributed by atoms with E-state index in [1.807, 2.05) is 0 Å². The summed E-state index contributed by atoms with van der Waals surface area (Å²) in [5.41, 5.74) is 5.47. The van der Waals surface area contributed by atoms with Crippen LogP contribution in [0.25, 0.3) is 0 Å². The van der Waals surface area contributed by atoms with E-state index in [1.54, 1.807) is 18.3 Å². The van der Waals surface area contributed by atoms with Crippen LogP contribution in [0.4, 0.5) is 9.52 Å². The number of halogens is 2. The van der Waals surface area contributed by atoms with Gasteiger partial charge in [-0.3, -0.25) is 0 Å². The maximum Gasteiger partial charge on any atom is 0.180 e. The first-order valence-electron chi connectivity index (χ1n) is 4.43. The summed E-state index contributed by atoms with van der Waals surface area (Å²) < 4.78 is 19.4. The first-order chi connectivity index (χ1) is 7.65. The highest BCUT2D eigenvalue weighted by atomic mass is 79.9. The lowest BCUT2D eigenvalue weighted by Crippen LogP contribution is -1.95. The Morgan fingerprint density at radius 3 is 3.00 bits per heavy atom. The quantitative estimate of drug-likeness (QED) is 0.947. The fourth-order valence-corrected chi connectivity index (χ4v) is 2.06. The van der Waals surface area contributed by atoms with Crippen molar-refractivity contribution in [3.8, 4) is 5.75 Å². The minimum Gasteiger partial charge on any atom is -0.485 e. The van der Waals surface area contributed by atoms with Crippen molar-refractivity contribution in [1.82, 2.24) is 4.98 Å². The molecule has 16 heavy (non-hydrogen) atoms. The van der Waals surface area contributed by atoms with Gasteiger partial charge >= 0.3 is 0 Å². The highest BCUT2D eigenvalue weighted by Crippen LogP contribution is 2.24. The molecule has 0 unspecified atom stereocenters. The van der Waals surface area contributed by atoms with Gasteiger partial charge in [-0.1, -0.05) is 27.3 Å². The molecule has 2 N–H and O–H groups in total. The lowest BCUT2D eigenvalue weighted by molar-refractivity contribution is 0.293. The van der Waals surface area contributed by atoms with Gasteiger partial charge in [-0.25, -0.2) is 9.37 Å². The van der Waals surface area contributed by atoms with Crippen LogP contribution in [0.2, 0.25) is 0 Å². The van der Waals surface area contributed by atoms with Crippen LogP contribution >= 0.6 is 27.3 Å². The zero-order chi connectivity index (χ0) is 11.5. The Bertz CT molecular complexity index is 503. The van der Waals surface area contributed by atoms with Crippen molar-refractivity contribution in [2.45, 2.75) is 6.61 Å². The van der Waals surface area contributed by atoms with Crippen molar-refractivity contribution in [3.63, 3.8) is 0 Å². The largest absolute Gasteiger partial charge is 0.485 e. The molecule has 6 heteroatoms. The smallest absolute Gasteiger partial charge is 0.180 e. The summed E-state index contributed by atoms with van der Waals surface area (Å²) in [5, 5.41) is 0.480. The molecule has 1 aromatic heterocycles. The summed E-state index contributed by atoms with van der Waals surface area (Å²) in [6, 6.07) is 4.55. The van der Waals surface area contributed by atoms with Crippen molar-refractivity contribution < 1.29 is 9.13 Å². The van der Waals surface area contributed by atoms with Crippen LogP contribution in [0.1, 0.15) is 4.88 Å². The molecule has 0 aliphatic rings. The Balaban J connectivity index is 2.07. The Morgan fingerprint density at radius 2 is 2.31 bits per heavy atom. The third kappa shape index (κ3) is 2.70. The number of anilines is 1. The first-order valence-corrected chi connectivity index (χ1v) is 6.04. The number of rotatable bonds is 3. The molecule has 0 aliphatic heterocycles. The van der Waals surface area contributed by atoms with Crippen LogP contribution in [0.15, 0.2) is 28.9 Å². The molecule has 0 fully saturated rings. The molecule has 3 nitrogen and oxygen atoms in total. The van der Waals surface area contributed by atoms with Gasteiger partial charge in [0.25, 0.3) is 0 Å². The summed E-state index contributed by atoms with van der Waals surface area (Å²) in [4.78, 5) is 4.74. The number of hydrogen-bond acceptors (Lipinski definition) is 4. The summed E-state index contributed by atoms with van der Waals surface area (Å²) in [6.07, 6.45) is 1.62. The maximum absolute atomic E-state index is 13.3. The lowest BCUT2D eigenvalue weighted by Gasteiger charge is -2.05. The molecule has 0 bridgehead atoms. The van der Waals surface area contributed by atoms with Crippen molar-refractivity contribution in [2.75, 3.05) is 5.73 Å². The number of ether oxygens (including phenoxy) is 1. The van der Waals surface area contributed by atoms with Gasteiger partial charge in [-0.05, 0) is 18.2 Å². The number of thiazole rings is 1. The minimum absolute atomic E-state index is 0.210. The molecule has 1 heterocycles.